The summed E-state index contributed by atoms with van der Waals surface area (Å²) in [4.78, 5) is 15.7. The lowest BCUT2D eigenvalue weighted by atomic mass is 10.1. The number of nitrogens with zero attached hydrogens (tertiary/aromatic N) is 1. The Morgan fingerprint density at radius 2 is 1.87 bits per heavy atom. The Labute approximate surface area is 177 Å². The predicted molar refractivity (Wildman–Crippen MR) is 111 cm³/mol. The van der Waals surface area contributed by atoms with Gasteiger partial charge in [0.1, 0.15) is 12.4 Å². The molecule has 0 aliphatic carbocycles. The number of aromatic nitrogens is 1. The molecule has 1 fully saturated rings. The number of H-pyrrole nitrogens is 1. The molecule has 164 valence electrons. The van der Waals surface area contributed by atoms with E-state index in [1.54, 1.807) is 23.1 Å². The first-order valence-electron chi connectivity index (χ1n) is 10.2. The smallest absolute Gasteiger partial charge is 0.418 e. The van der Waals surface area contributed by atoms with Crippen molar-refractivity contribution in [1.29, 1.82) is 0 Å². The molecule has 0 unspecified atom stereocenters. The molecule has 4 rings (SSSR count). The second-order valence-electron chi connectivity index (χ2n) is 7.77. The number of benzene rings is 2. The minimum atomic E-state index is -4.43. The van der Waals surface area contributed by atoms with Gasteiger partial charge in [-0.25, -0.2) is 0 Å². The average molecular weight is 432 g/mol. The summed E-state index contributed by atoms with van der Waals surface area (Å²) in [5.41, 5.74) is 1.71. The Morgan fingerprint density at radius 3 is 2.58 bits per heavy atom. The number of aliphatic carboxylic acids is 1. The van der Waals surface area contributed by atoms with E-state index in [4.69, 9.17) is 9.84 Å². The molecule has 0 amide bonds. The largest absolute Gasteiger partial charge is 0.489 e. The Kier molecular flexibility index (Phi) is 5.80. The third kappa shape index (κ3) is 4.95. The van der Waals surface area contributed by atoms with E-state index in [1.807, 2.05) is 12.1 Å². The van der Waals surface area contributed by atoms with Crippen LogP contribution in [0.3, 0.4) is 0 Å². The zero-order valence-electron chi connectivity index (χ0n) is 16.8. The highest BCUT2D eigenvalue weighted by atomic mass is 19.4. The molecule has 1 aliphatic rings. The molecule has 2 N–H and O–H groups in total. The molecule has 8 heteroatoms. The molecule has 1 saturated heterocycles. The zero-order chi connectivity index (χ0) is 22.0. The van der Waals surface area contributed by atoms with Crippen LogP contribution < -0.4 is 9.64 Å². The topological polar surface area (TPSA) is 65.6 Å². The highest BCUT2D eigenvalue weighted by molar-refractivity contribution is 5.82. The zero-order valence-corrected chi connectivity index (χ0v) is 16.8. The Morgan fingerprint density at radius 1 is 1.10 bits per heavy atom. The molecule has 2 aromatic carbocycles. The molecule has 0 bridgehead atoms. The van der Waals surface area contributed by atoms with Crippen molar-refractivity contribution in [2.75, 3.05) is 18.0 Å². The third-order valence-corrected chi connectivity index (χ3v) is 5.47. The van der Waals surface area contributed by atoms with Gasteiger partial charge in [0.15, 0.2) is 0 Å². The highest BCUT2D eigenvalue weighted by Gasteiger charge is 2.35. The first-order valence-corrected chi connectivity index (χ1v) is 10.2. The molecule has 31 heavy (non-hydrogen) atoms. The van der Waals surface area contributed by atoms with Crippen LogP contribution in [-0.4, -0.2) is 29.1 Å². The van der Waals surface area contributed by atoms with E-state index < -0.39 is 17.7 Å². The van der Waals surface area contributed by atoms with E-state index in [1.165, 1.54) is 12.1 Å². The van der Waals surface area contributed by atoms with Crippen LogP contribution in [0.4, 0.5) is 18.9 Å². The van der Waals surface area contributed by atoms with Gasteiger partial charge >= 0.3 is 12.1 Å². The second kappa shape index (κ2) is 8.53. The van der Waals surface area contributed by atoms with E-state index in [0.717, 1.165) is 29.4 Å². The summed E-state index contributed by atoms with van der Waals surface area (Å²) in [7, 11) is 0. The molecule has 1 aromatic heterocycles. The van der Waals surface area contributed by atoms with Crippen molar-refractivity contribution < 1.29 is 27.8 Å². The first kappa shape index (κ1) is 21.1. The van der Waals surface area contributed by atoms with Crippen LogP contribution in [0.2, 0.25) is 0 Å². The lowest BCUT2D eigenvalue weighted by Crippen LogP contribution is -2.22. The van der Waals surface area contributed by atoms with Gasteiger partial charge in [0, 0.05) is 35.4 Å². The van der Waals surface area contributed by atoms with Crippen molar-refractivity contribution in [2.45, 2.75) is 38.5 Å². The Hall–Kier alpha value is -3.16. The molecule has 2 heterocycles. The van der Waals surface area contributed by atoms with E-state index >= 15 is 0 Å². The van der Waals surface area contributed by atoms with Gasteiger partial charge in [-0.2, -0.15) is 13.2 Å². The van der Waals surface area contributed by atoms with Crippen LogP contribution in [0.25, 0.3) is 10.9 Å². The number of hydrogen-bond donors (Lipinski definition) is 2. The van der Waals surface area contributed by atoms with Crippen LogP contribution in [0.5, 0.6) is 5.75 Å². The number of carboxylic acids is 1. The Balaban J connectivity index is 1.49. The predicted octanol–water partition coefficient (Wildman–Crippen LogP) is 5.38. The molecule has 1 aliphatic heterocycles. The molecule has 0 spiro atoms. The number of hydrogen-bond acceptors (Lipinski definition) is 3. The average Bonchev–Trinajstić information content (AvgIpc) is 3.39. The summed E-state index contributed by atoms with van der Waals surface area (Å²) in [6, 6.07) is 11.6. The number of rotatable bonds is 7. The molecular formula is C23H23F3N2O3. The van der Waals surface area contributed by atoms with Gasteiger partial charge < -0.3 is 19.7 Å². The van der Waals surface area contributed by atoms with Gasteiger partial charge in [0.05, 0.1) is 12.0 Å². The van der Waals surface area contributed by atoms with Crippen LogP contribution in [0, 0.1) is 0 Å². The van der Waals surface area contributed by atoms with Crippen molar-refractivity contribution in [1.82, 2.24) is 4.98 Å². The van der Waals surface area contributed by atoms with Gasteiger partial charge in [-0.15, -0.1) is 0 Å². The number of anilines is 1. The van der Waals surface area contributed by atoms with Crippen molar-refractivity contribution in [3.8, 4) is 5.75 Å². The van der Waals surface area contributed by atoms with Gasteiger partial charge in [-0.1, -0.05) is 6.07 Å². The lowest BCUT2D eigenvalue weighted by Gasteiger charge is -2.23. The molecule has 0 radical (unpaired) electrons. The third-order valence-electron chi connectivity index (χ3n) is 5.47. The first-order chi connectivity index (χ1) is 14.8. The number of aromatic amines is 1. The van der Waals surface area contributed by atoms with E-state index in [2.05, 4.69) is 4.98 Å². The van der Waals surface area contributed by atoms with E-state index in [0.29, 0.717) is 30.8 Å². The van der Waals surface area contributed by atoms with Crippen LogP contribution >= 0.6 is 0 Å². The number of ether oxygens (including phenoxy) is 1. The monoisotopic (exact) mass is 432 g/mol. The highest BCUT2D eigenvalue weighted by Crippen LogP contribution is 2.38. The molecule has 3 aromatic rings. The van der Waals surface area contributed by atoms with Gasteiger partial charge in [-0.05, 0) is 61.2 Å². The molecule has 0 atom stereocenters. The minimum absolute atomic E-state index is 0.0190. The molecule has 0 saturated carbocycles. The van der Waals surface area contributed by atoms with Crippen molar-refractivity contribution in [2.24, 2.45) is 0 Å². The normalized spacial score (nSPS) is 14.4. The number of alkyl halides is 3. The summed E-state index contributed by atoms with van der Waals surface area (Å²) in [6.07, 6.45) is -2.19. The summed E-state index contributed by atoms with van der Waals surface area (Å²) in [5.74, 6) is -0.329. The summed E-state index contributed by atoms with van der Waals surface area (Å²) < 4.78 is 46.6. The maximum Gasteiger partial charge on any atom is 0.418 e. The van der Waals surface area contributed by atoms with E-state index in [9.17, 15) is 18.0 Å². The number of nitrogens with one attached hydrogen (secondary N) is 1. The van der Waals surface area contributed by atoms with Crippen molar-refractivity contribution in [3.05, 3.63) is 59.3 Å². The van der Waals surface area contributed by atoms with Crippen LogP contribution in [0.15, 0.2) is 42.5 Å². The second-order valence-corrected chi connectivity index (χ2v) is 7.77. The SMILES string of the molecule is O=C(O)CCc1cc2cc(OCc3ccc(N4CCCC4)c(C(F)(F)F)c3)ccc2[nH]1. The minimum Gasteiger partial charge on any atom is -0.489 e. The lowest BCUT2D eigenvalue weighted by molar-refractivity contribution is -0.138. The van der Waals surface area contributed by atoms with Gasteiger partial charge in [0.25, 0.3) is 0 Å². The van der Waals surface area contributed by atoms with Crippen molar-refractivity contribution in [3.63, 3.8) is 0 Å². The fourth-order valence-corrected chi connectivity index (χ4v) is 3.94. The number of halogens is 3. The summed E-state index contributed by atoms with van der Waals surface area (Å²) >= 11 is 0. The fourth-order valence-electron chi connectivity index (χ4n) is 3.94. The number of carboxylic acid groups (broad SMARTS) is 1. The molecule has 5 nitrogen and oxygen atoms in total. The maximum absolute atomic E-state index is 13.6. The van der Waals surface area contributed by atoms with Crippen molar-refractivity contribution >= 4 is 22.6 Å². The van der Waals surface area contributed by atoms with Gasteiger partial charge in [0.2, 0.25) is 0 Å². The maximum atomic E-state index is 13.6. The quantitative estimate of drug-likeness (QED) is 0.526. The van der Waals surface area contributed by atoms with Crippen LogP contribution in [0.1, 0.15) is 36.1 Å². The van der Waals surface area contributed by atoms with Gasteiger partial charge in [-0.3, -0.25) is 4.79 Å². The summed E-state index contributed by atoms with van der Waals surface area (Å²) in [5, 5.41) is 9.67. The van der Waals surface area contributed by atoms with Crippen LogP contribution in [-0.2, 0) is 24.0 Å². The number of fused-ring (bicyclic) bond motifs is 1. The number of carbonyl (C=O) groups is 1. The Bertz CT molecular complexity index is 1090. The standard InChI is InChI=1S/C23H23F3N2O3/c24-23(25,26)19-11-15(3-7-21(19)28-9-1-2-10-28)14-31-18-5-6-20-16(13-18)12-17(27-20)4-8-22(29)30/h3,5-7,11-13,27H,1-2,4,8-10,14H2,(H,29,30). The van der Waals surface area contributed by atoms with E-state index in [-0.39, 0.29) is 18.7 Å². The number of aryl methyl sites for hydroxylation is 1. The summed E-state index contributed by atoms with van der Waals surface area (Å²) in [6.45, 7) is 1.30. The molecular weight excluding hydrogens is 409 g/mol. The fraction of sp³-hybridized carbons (Fsp3) is 0.348.